The smallest absolute Gasteiger partial charge is 0.0138 e. The summed E-state index contributed by atoms with van der Waals surface area (Å²) in [5.41, 5.74) is 0. The maximum Gasteiger partial charge on any atom is 0.0138 e. The number of nitrogens with one attached hydrogen (secondary N) is 1. The molecule has 2 rings (SSSR count). The van der Waals surface area contributed by atoms with Crippen molar-refractivity contribution in [3.05, 3.63) is 35.0 Å². The van der Waals surface area contributed by atoms with Gasteiger partial charge >= 0.3 is 0 Å². The molecule has 1 N–H and O–H groups in total. The fourth-order valence-electron chi connectivity index (χ4n) is 0.643. The molecule has 0 radical (unpaired) electrons. The van der Waals surface area contributed by atoms with Crippen molar-refractivity contribution in [2.75, 3.05) is 13.1 Å². The first-order valence-corrected chi connectivity index (χ1v) is 4.27. The summed E-state index contributed by atoms with van der Waals surface area (Å²) in [5, 5.41) is 7.19. The van der Waals surface area contributed by atoms with Gasteiger partial charge < -0.3 is 5.32 Å². The lowest BCUT2D eigenvalue weighted by molar-refractivity contribution is 0.892. The van der Waals surface area contributed by atoms with Gasteiger partial charge in [0.15, 0.2) is 0 Å². The average Bonchev–Trinajstić information content (AvgIpc) is 2.67. The maximum atomic E-state index is 3.11. The average molecular weight is 153 g/mol. The quantitative estimate of drug-likeness (QED) is 0.561. The molecule has 0 saturated carbocycles. The van der Waals surface area contributed by atoms with Crippen molar-refractivity contribution in [2.45, 2.75) is 0 Å². The minimum atomic E-state index is 1.07. The maximum absolute atomic E-state index is 3.11. The number of hydrogen-bond acceptors (Lipinski definition) is 2. The molecule has 1 aliphatic heterocycles. The van der Waals surface area contributed by atoms with Gasteiger partial charge in [0, 0.05) is 13.1 Å². The van der Waals surface area contributed by atoms with E-state index in [0.29, 0.717) is 0 Å². The molecular formula is C8H11NS. The highest BCUT2D eigenvalue weighted by molar-refractivity contribution is 7.07. The summed E-state index contributed by atoms with van der Waals surface area (Å²) in [6.07, 6.45) is 4.25. The van der Waals surface area contributed by atoms with E-state index in [9.17, 15) is 0 Å². The Morgan fingerprint density at radius 1 is 1.00 bits per heavy atom. The summed E-state index contributed by atoms with van der Waals surface area (Å²) in [5.74, 6) is 0. The van der Waals surface area contributed by atoms with E-state index < -0.39 is 0 Å². The second-order valence-electron chi connectivity index (χ2n) is 1.92. The highest BCUT2D eigenvalue weighted by atomic mass is 32.1. The second kappa shape index (κ2) is 5.21. The summed E-state index contributed by atoms with van der Waals surface area (Å²) in [6.45, 7) is 2.14. The molecule has 0 fully saturated rings. The summed E-state index contributed by atoms with van der Waals surface area (Å²) < 4.78 is 0. The van der Waals surface area contributed by atoms with Crippen molar-refractivity contribution in [3.8, 4) is 0 Å². The van der Waals surface area contributed by atoms with Crippen molar-refractivity contribution in [2.24, 2.45) is 0 Å². The SMILES string of the molecule is C1=CCNC1.c1ccsc1. The van der Waals surface area contributed by atoms with E-state index in [1.54, 1.807) is 11.3 Å². The van der Waals surface area contributed by atoms with Gasteiger partial charge in [-0.1, -0.05) is 24.3 Å². The predicted molar refractivity (Wildman–Crippen MR) is 46.3 cm³/mol. The van der Waals surface area contributed by atoms with Crippen molar-refractivity contribution in [1.82, 2.24) is 5.32 Å². The van der Waals surface area contributed by atoms with Gasteiger partial charge in [0.25, 0.3) is 0 Å². The van der Waals surface area contributed by atoms with Gasteiger partial charge in [0.05, 0.1) is 0 Å². The fourth-order valence-corrected chi connectivity index (χ4v) is 1.10. The normalized spacial score (nSPS) is 14.4. The lowest BCUT2D eigenvalue weighted by atomic mass is 10.6. The third kappa shape index (κ3) is 3.43. The Labute approximate surface area is 65.4 Å². The van der Waals surface area contributed by atoms with Crippen LogP contribution in [-0.2, 0) is 0 Å². The van der Waals surface area contributed by atoms with Gasteiger partial charge in [-0.25, -0.2) is 0 Å². The fraction of sp³-hybridized carbons (Fsp3) is 0.250. The highest BCUT2D eigenvalue weighted by Gasteiger charge is 1.81. The zero-order chi connectivity index (χ0) is 7.07. The third-order valence-electron chi connectivity index (χ3n) is 1.12. The Hall–Kier alpha value is -0.600. The lowest BCUT2D eigenvalue weighted by Gasteiger charge is -1.77. The molecule has 0 atom stereocenters. The van der Waals surface area contributed by atoms with E-state index in [2.05, 4.69) is 17.5 Å². The molecule has 54 valence electrons. The molecule has 0 bridgehead atoms. The van der Waals surface area contributed by atoms with Crippen LogP contribution < -0.4 is 5.32 Å². The van der Waals surface area contributed by atoms with Crippen molar-refractivity contribution < 1.29 is 0 Å². The van der Waals surface area contributed by atoms with Crippen LogP contribution in [0.2, 0.25) is 0 Å². The van der Waals surface area contributed by atoms with Gasteiger partial charge in [-0.15, -0.1) is 0 Å². The molecule has 0 spiro atoms. The van der Waals surface area contributed by atoms with E-state index in [4.69, 9.17) is 0 Å². The molecule has 2 heteroatoms. The van der Waals surface area contributed by atoms with Crippen LogP contribution in [0.4, 0.5) is 0 Å². The monoisotopic (exact) mass is 153 g/mol. The summed E-state index contributed by atoms with van der Waals surface area (Å²) in [7, 11) is 0. The second-order valence-corrected chi connectivity index (χ2v) is 2.74. The number of hydrogen-bond donors (Lipinski definition) is 1. The Morgan fingerprint density at radius 2 is 1.60 bits per heavy atom. The molecule has 0 saturated heterocycles. The molecule has 0 aromatic carbocycles. The molecule has 1 nitrogen and oxygen atoms in total. The van der Waals surface area contributed by atoms with Crippen molar-refractivity contribution in [3.63, 3.8) is 0 Å². The van der Waals surface area contributed by atoms with E-state index in [-0.39, 0.29) is 0 Å². The van der Waals surface area contributed by atoms with E-state index >= 15 is 0 Å². The van der Waals surface area contributed by atoms with Crippen LogP contribution in [0.1, 0.15) is 0 Å². The minimum absolute atomic E-state index is 1.07. The van der Waals surface area contributed by atoms with Crippen LogP contribution in [0.3, 0.4) is 0 Å². The van der Waals surface area contributed by atoms with Gasteiger partial charge in [0.2, 0.25) is 0 Å². The topological polar surface area (TPSA) is 12.0 Å². The number of thiophene rings is 1. The van der Waals surface area contributed by atoms with E-state index in [0.717, 1.165) is 13.1 Å². The zero-order valence-corrected chi connectivity index (χ0v) is 6.60. The third-order valence-corrected chi connectivity index (χ3v) is 1.74. The molecule has 1 aromatic rings. The molecule has 0 aliphatic carbocycles. The van der Waals surface area contributed by atoms with Crippen LogP contribution in [0.15, 0.2) is 35.0 Å². The minimum Gasteiger partial charge on any atom is -0.310 e. The zero-order valence-electron chi connectivity index (χ0n) is 5.79. The summed E-state index contributed by atoms with van der Waals surface area (Å²) in [4.78, 5) is 0. The number of rotatable bonds is 0. The lowest BCUT2D eigenvalue weighted by Crippen LogP contribution is -2.04. The first kappa shape index (κ1) is 7.51. The van der Waals surface area contributed by atoms with Crippen LogP contribution in [0.5, 0.6) is 0 Å². The van der Waals surface area contributed by atoms with Gasteiger partial charge in [-0.05, 0) is 10.8 Å². The van der Waals surface area contributed by atoms with Crippen molar-refractivity contribution >= 4 is 11.3 Å². The largest absolute Gasteiger partial charge is 0.310 e. The molecule has 2 heterocycles. The Kier molecular flexibility index (Phi) is 3.91. The van der Waals surface area contributed by atoms with Gasteiger partial charge in [-0.2, -0.15) is 11.3 Å². The Balaban J connectivity index is 0.0000001000. The Morgan fingerprint density at radius 3 is 1.80 bits per heavy atom. The molecule has 1 aliphatic rings. The van der Waals surface area contributed by atoms with Gasteiger partial charge in [0.1, 0.15) is 0 Å². The summed E-state index contributed by atoms with van der Waals surface area (Å²) in [6, 6.07) is 4.04. The van der Waals surface area contributed by atoms with Crippen LogP contribution in [0, 0.1) is 0 Å². The molecule has 1 aromatic heterocycles. The molecular weight excluding hydrogens is 142 g/mol. The Bertz CT molecular complexity index is 144. The standard InChI is InChI=1S/C4H7N.C4H4S/c2*1-2-4-5-3-1/h1-2,5H,3-4H2;1-4H. The van der Waals surface area contributed by atoms with Crippen LogP contribution in [0.25, 0.3) is 0 Å². The highest BCUT2D eigenvalue weighted by Crippen LogP contribution is 1.91. The molecule has 0 amide bonds. The first-order valence-electron chi connectivity index (χ1n) is 3.33. The van der Waals surface area contributed by atoms with Crippen LogP contribution >= 0.6 is 11.3 Å². The van der Waals surface area contributed by atoms with Crippen molar-refractivity contribution in [1.29, 1.82) is 0 Å². The molecule has 0 unspecified atom stereocenters. The molecule has 10 heavy (non-hydrogen) atoms. The van der Waals surface area contributed by atoms with Gasteiger partial charge in [-0.3, -0.25) is 0 Å². The predicted octanol–water partition coefficient (Wildman–Crippen LogP) is 1.89. The summed E-state index contributed by atoms with van der Waals surface area (Å²) >= 11 is 1.71. The van der Waals surface area contributed by atoms with E-state index in [1.807, 2.05) is 22.9 Å². The van der Waals surface area contributed by atoms with E-state index in [1.165, 1.54) is 0 Å². The van der Waals surface area contributed by atoms with Crippen LogP contribution in [-0.4, -0.2) is 13.1 Å². The first-order chi connectivity index (χ1) is 5.00.